The van der Waals surface area contributed by atoms with Crippen LogP contribution in [0.1, 0.15) is 17.9 Å². The van der Waals surface area contributed by atoms with Crippen LogP contribution >= 0.6 is 0 Å². The molecule has 0 aliphatic carbocycles. The molecule has 2 atom stereocenters. The minimum atomic E-state index is 0.297. The molecular formula is C13H20N2O. The molecule has 3 heteroatoms. The molecule has 1 heterocycles. The normalized spacial score (nSPS) is 26.7. The molecule has 1 aliphatic heterocycles. The summed E-state index contributed by atoms with van der Waals surface area (Å²) in [4.78, 5) is 2.31. The number of ether oxygens (including phenoxy) is 1. The van der Waals surface area contributed by atoms with Gasteiger partial charge in [-0.05, 0) is 37.1 Å². The molecule has 0 bridgehead atoms. The van der Waals surface area contributed by atoms with Crippen molar-refractivity contribution in [3.8, 4) is 5.75 Å². The Morgan fingerprint density at radius 1 is 1.25 bits per heavy atom. The van der Waals surface area contributed by atoms with Crippen molar-refractivity contribution in [2.24, 2.45) is 5.73 Å². The van der Waals surface area contributed by atoms with E-state index in [4.69, 9.17) is 10.5 Å². The quantitative estimate of drug-likeness (QED) is 0.819. The van der Waals surface area contributed by atoms with Gasteiger partial charge in [0.1, 0.15) is 5.75 Å². The summed E-state index contributed by atoms with van der Waals surface area (Å²) in [5.74, 6) is 1.47. The minimum absolute atomic E-state index is 0.297. The van der Waals surface area contributed by atoms with E-state index in [9.17, 15) is 0 Å². The Kier molecular flexibility index (Phi) is 3.46. The first-order chi connectivity index (χ1) is 7.69. The van der Waals surface area contributed by atoms with Gasteiger partial charge in [0, 0.05) is 19.1 Å². The molecule has 0 aromatic heterocycles. The number of likely N-dealkylation sites (tertiary alicyclic amines) is 1. The average molecular weight is 220 g/mol. The zero-order chi connectivity index (χ0) is 11.5. The maximum atomic E-state index is 6.04. The summed E-state index contributed by atoms with van der Waals surface area (Å²) in [7, 11) is 3.83. The summed E-state index contributed by atoms with van der Waals surface area (Å²) in [6.07, 6.45) is 1.08. The predicted octanol–water partition coefficient (Wildman–Crippen LogP) is 1.44. The van der Waals surface area contributed by atoms with Crippen LogP contribution < -0.4 is 10.5 Å². The highest BCUT2D eigenvalue weighted by molar-refractivity contribution is 5.30. The van der Waals surface area contributed by atoms with Gasteiger partial charge >= 0.3 is 0 Å². The van der Waals surface area contributed by atoms with Crippen LogP contribution in [0.4, 0.5) is 0 Å². The Hall–Kier alpha value is -1.06. The monoisotopic (exact) mass is 220 g/mol. The molecule has 16 heavy (non-hydrogen) atoms. The van der Waals surface area contributed by atoms with E-state index in [1.165, 1.54) is 5.56 Å². The highest BCUT2D eigenvalue weighted by Crippen LogP contribution is 2.27. The fraction of sp³-hybridized carbons (Fsp3) is 0.538. The largest absolute Gasteiger partial charge is 0.497 e. The van der Waals surface area contributed by atoms with E-state index in [-0.39, 0.29) is 0 Å². The Balaban J connectivity index is 2.10. The Morgan fingerprint density at radius 2 is 1.94 bits per heavy atom. The van der Waals surface area contributed by atoms with E-state index in [2.05, 4.69) is 24.1 Å². The lowest BCUT2D eigenvalue weighted by atomic mass is 9.88. The first-order valence-corrected chi connectivity index (χ1v) is 5.77. The predicted molar refractivity (Wildman–Crippen MR) is 65.8 cm³/mol. The lowest BCUT2D eigenvalue weighted by Crippen LogP contribution is -2.44. The summed E-state index contributed by atoms with van der Waals surface area (Å²) in [5, 5.41) is 0. The summed E-state index contributed by atoms with van der Waals surface area (Å²) in [6.45, 7) is 2.10. The number of likely N-dealkylation sites (N-methyl/N-ethyl adjacent to an activating group) is 1. The highest BCUT2D eigenvalue weighted by Gasteiger charge is 2.23. The molecule has 1 aromatic rings. The molecule has 2 rings (SSSR count). The van der Waals surface area contributed by atoms with Crippen LogP contribution in [0.15, 0.2) is 24.3 Å². The van der Waals surface area contributed by atoms with Crippen molar-refractivity contribution in [3.05, 3.63) is 29.8 Å². The van der Waals surface area contributed by atoms with Gasteiger partial charge in [0.2, 0.25) is 0 Å². The van der Waals surface area contributed by atoms with Gasteiger partial charge in [-0.25, -0.2) is 0 Å². The molecule has 0 spiro atoms. The lowest BCUT2D eigenvalue weighted by molar-refractivity contribution is 0.227. The second-order valence-electron chi connectivity index (χ2n) is 4.69. The van der Waals surface area contributed by atoms with Gasteiger partial charge in [0.05, 0.1) is 7.11 Å². The van der Waals surface area contributed by atoms with Crippen molar-refractivity contribution in [3.63, 3.8) is 0 Å². The Labute approximate surface area is 97.2 Å². The molecule has 0 radical (unpaired) electrons. The number of nitrogens with zero attached hydrogens (tertiary/aromatic N) is 1. The summed E-state index contributed by atoms with van der Waals surface area (Å²) in [6, 6.07) is 8.64. The summed E-state index contributed by atoms with van der Waals surface area (Å²) < 4.78 is 5.16. The molecule has 2 N–H and O–H groups in total. The van der Waals surface area contributed by atoms with Crippen molar-refractivity contribution < 1.29 is 4.74 Å². The van der Waals surface area contributed by atoms with Crippen LogP contribution in [-0.4, -0.2) is 38.2 Å². The van der Waals surface area contributed by atoms with E-state index >= 15 is 0 Å². The third kappa shape index (κ3) is 2.54. The first-order valence-electron chi connectivity index (χ1n) is 5.77. The zero-order valence-electron chi connectivity index (χ0n) is 10.0. The highest BCUT2D eigenvalue weighted by atomic mass is 16.5. The molecule has 3 nitrogen and oxygen atoms in total. The van der Waals surface area contributed by atoms with Gasteiger partial charge in [-0.1, -0.05) is 12.1 Å². The topological polar surface area (TPSA) is 38.5 Å². The molecular weight excluding hydrogens is 200 g/mol. The number of piperidine rings is 1. The molecule has 1 fully saturated rings. The summed E-state index contributed by atoms with van der Waals surface area (Å²) >= 11 is 0. The minimum Gasteiger partial charge on any atom is -0.497 e. The van der Waals surface area contributed by atoms with E-state index in [1.54, 1.807) is 7.11 Å². The fourth-order valence-corrected chi connectivity index (χ4v) is 2.48. The van der Waals surface area contributed by atoms with Crippen LogP contribution in [0.25, 0.3) is 0 Å². The van der Waals surface area contributed by atoms with E-state index in [1.807, 2.05) is 12.1 Å². The Morgan fingerprint density at radius 3 is 2.50 bits per heavy atom. The first kappa shape index (κ1) is 11.4. The second-order valence-corrected chi connectivity index (χ2v) is 4.69. The number of hydrogen-bond donors (Lipinski definition) is 1. The number of benzene rings is 1. The van der Waals surface area contributed by atoms with Crippen molar-refractivity contribution in [1.29, 1.82) is 0 Å². The number of nitrogens with two attached hydrogens (primary N) is 1. The third-order valence-corrected chi connectivity index (χ3v) is 3.25. The third-order valence-electron chi connectivity index (χ3n) is 3.25. The van der Waals surface area contributed by atoms with Gasteiger partial charge in [-0.3, -0.25) is 0 Å². The zero-order valence-corrected chi connectivity index (χ0v) is 10.0. The smallest absolute Gasteiger partial charge is 0.118 e. The van der Waals surface area contributed by atoms with Gasteiger partial charge < -0.3 is 15.4 Å². The number of hydrogen-bond acceptors (Lipinski definition) is 3. The number of methoxy groups -OCH3 is 1. The van der Waals surface area contributed by atoms with E-state index < -0.39 is 0 Å². The molecule has 0 saturated carbocycles. The molecule has 1 unspecified atom stereocenters. The standard InChI is InChI=1S/C13H20N2O/c1-15-8-11(7-12(14)9-15)10-3-5-13(16-2)6-4-10/h3-6,11-12H,7-9,14H2,1-2H3/t11-,12?/m0/s1. The van der Waals surface area contributed by atoms with Crippen LogP contribution in [0.5, 0.6) is 5.75 Å². The molecule has 1 aromatic carbocycles. The molecule has 1 aliphatic rings. The van der Waals surface area contributed by atoms with Crippen LogP contribution in [0.2, 0.25) is 0 Å². The van der Waals surface area contributed by atoms with Crippen molar-refractivity contribution >= 4 is 0 Å². The van der Waals surface area contributed by atoms with E-state index in [0.29, 0.717) is 12.0 Å². The second kappa shape index (κ2) is 4.85. The maximum Gasteiger partial charge on any atom is 0.118 e. The van der Waals surface area contributed by atoms with Crippen LogP contribution in [0.3, 0.4) is 0 Å². The van der Waals surface area contributed by atoms with Crippen LogP contribution in [-0.2, 0) is 0 Å². The van der Waals surface area contributed by atoms with Gasteiger partial charge in [-0.15, -0.1) is 0 Å². The average Bonchev–Trinajstić information content (AvgIpc) is 2.28. The maximum absolute atomic E-state index is 6.04. The van der Waals surface area contributed by atoms with Crippen molar-refractivity contribution in [2.45, 2.75) is 18.4 Å². The Bertz CT molecular complexity index is 326. The molecule has 0 amide bonds. The SMILES string of the molecule is COc1ccc([C@H]2CC(N)CN(C)C2)cc1. The molecule has 1 saturated heterocycles. The van der Waals surface area contributed by atoms with Gasteiger partial charge in [0.15, 0.2) is 0 Å². The lowest BCUT2D eigenvalue weighted by Gasteiger charge is -2.34. The van der Waals surface area contributed by atoms with Gasteiger partial charge in [-0.2, -0.15) is 0 Å². The summed E-state index contributed by atoms with van der Waals surface area (Å²) in [5.41, 5.74) is 7.41. The van der Waals surface area contributed by atoms with E-state index in [0.717, 1.165) is 25.3 Å². The van der Waals surface area contributed by atoms with Crippen molar-refractivity contribution in [1.82, 2.24) is 4.90 Å². The van der Waals surface area contributed by atoms with Crippen molar-refractivity contribution in [2.75, 3.05) is 27.2 Å². The molecule has 88 valence electrons. The van der Waals surface area contributed by atoms with Crippen LogP contribution in [0, 0.1) is 0 Å². The number of rotatable bonds is 2. The fourth-order valence-electron chi connectivity index (χ4n) is 2.48. The van der Waals surface area contributed by atoms with Gasteiger partial charge in [0.25, 0.3) is 0 Å².